The van der Waals surface area contributed by atoms with Crippen molar-refractivity contribution in [3.05, 3.63) is 29.8 Å². The first-order valence-corrected chi connectivity index (χ1v) is 12.6. The number of hydrogen-bond donors (Lipinski definition) is 6. The minimum Gasteiger partial charge on any atom is -0.508 e. The molecule has 11 heteroatoms. The average Bonchev–Trinajstić information content (AvgIpc) is 2.80. The molecule has 190 valence electrons. The lowest BCUT2D eigenvalue weighted by Crippen LogP contribution is -2.58. The van der Waals surface area contributed by atoms with Crippen molar-refractivity contribution in [2.75, 3.05) is 12.0 Å². The molecule has 7 N–H and O–H groups in total. The maximum absolute atomic E-state index is 13.0. The van der Waals surface area contributed by atoms with E-state index in [4.69, 9.17) is 5.73 Å². The van der Waals surface area contributed by atoms with Gasteiger partial charge in [0.15, 0.2) is 0 Å². The Kier molecular flexibility index (Phi) is 12.4. The van der Waals surface area contributed by atoms with E-state index in [1.54, 1.807) is 30.8 Å². The standard InChI is InChI=1S/C23H36N4O6S/c1-5-13(2)19(27-20(29)14(3)25-21(30)17(24)10-11-34-4)22(31)26-18(23(32)33)12-15-6-8-16(28)9-7-15/h6-9,13-14,17-19,28H,5,10-12,24H2,1-4H3,(H,25,30)(H,26,31)(H,27,29)(H,32,33). The van der Waals surface area contributed by atoms with Gasteiger partial charge < -0.3 is 31.9 Å². The van der Waals surface area contributed by atoms with Crippen LogP contribution in [0, 0.1) is 5.92 Å². The van der Waals surface area contributed by atoms with E-state index in [2.05, 4.69) is 16.0 Å². The third-order valence-electron chi connectivity index (χ3n) is 5.51. The SMILES string of the molecule is CCC(C)C(NC(=O)C(C)NC(=O)C(N)CCSC)C(=O)NC(Cc1ccc(O)cc1)C(=O)O. The summed E-state index contributed by atoms with van der Waals surface area (Å²) in [7, 11) is 0. The number of amides is 3. The van der Waals surface area contributed by atoms with Crippen LogP contribution in [0.5, 0.6) is 5.75 Å². The fourth-order valence-corrected chi connectivity index (χ4v) is 3.56. The van der Waals surface area contributed by atoms with Gasteiger partial charge >= 0.3 is 5.97 Å². The third kappa shape index (κ3) is 9.60. The molecule has 0 aliphatic heterocycles. The van der Waals surface area contributed by atoms with Crippen molar-refractivity contribution in [3.63, 3.8) is 0 Å². The molecule has 5 unspecified atom stereocenters. The number of aromatic hydroxyl groups is 1. The summed E-state index contributed by atoms with van der Waals surface area (Å²) in [5.74, 6) is -2.43. The molecule has 0 saturated carbocycles. The first-order chi connectivity index (χ1) is 16.0. The highest BCUT2D eigenvalue weighted by Crippen LogP contribution is 2.13. The monoisotopic (exact) mass is 496 g/mol. The lowest BCUT2D eigenvalue weighted by atomic mass is 9.97. The zero-order chi connectivity index (χ0) is 25.8. The molecule has 0 aromatic heterocycles. The van der Waals surface area contributed by atoms with E-state index in [-0.39, 0.29) is 18.1 Å². The molecule has 1 rings (SSSR count). The van der Waals surface area contributed by atoms with Gasteiger partial charge in [-0.05, 0) is 49.0 Å². The molecule has 3 amide bonds. The molecule has 5 atom stereocenters. The maximum atomic E-state index is 13.0. The Balaban J connectivity index is 2.84. The molecule has 34 heavy (non-hydrogen) atoms. The number of rotatable bonds is 14. The molecule has 0 heterocycles. The van der Waals surface area contributed by atoms with E-state index in [9.17, 15) is 29.4 Å². The van der Waals surface area contributed by atoms with Crippen molar-refractivity contribution in [2.45, 2.75) is 64.2 Å². The van der Waals surface area contributed by atoms with Crippen molar-refractivity contribution < 1.29 is 29.4 Å². The van der Waals surface area contributed by atoms with Crippen LogP contribution in [-0.4, -0.2) is 70.1 Å². The van der Waals surface area contributed by atoms with Gasteiger partial charge in [0.05, 0.1) is 6.04 Å². The fraction of sp³-hybridized carbons (Fsp3) is 0.565. The molecule has 0 aliphatic rings. The van der Waals surface area contributed by atoms with Crippen molar-refractivity contribution >= 4 is 35.5 Å². The van der Waals surface area contributed by atoms with Crippen LogP contribution in [0.2, 0.25) is 0 Å². The molecule has 0 spiro atoms. The first-order valence-electron chi connectivity index (χ1n) is 11.2. The summed E-state index contributed by atoms with van der Waals surface area (Å²) in [5.41, 5.74) is 6.45. The molecule has 0 saturated heterocycles. The van der Waals surface area contributed by atoms with Crippen LogP contribution < -0.4 is 21.7 Å². The number of aliphatic carboxylic acids is 1. The van der Waals surface area contributed by atoms with Gasteiger partial charge in [0, 0.05) is 6.42 Å². The molecular weight excluding hydrogens is 460 g/mol. The second-order valence-electron chi connectivity index (χ2n) is 8.26. The van der Waals surface area contributed by atoms with Gasteiger partial charge in [-0.15, -0.1) is 0 Å². The number of thioether (sulfide) groups is 1. The van der Waals surface area contributed by atoms with Crippen LogP contribution in [0.4, 0.5) is 0 Å². The van der Waals surface area contributed by atoms with Gasteiger partial charge in [-0.25, -0.2) is 4.79 Å². The van der Waals surface area contributed by atoms with Gasteiger partial charge in [0.2, 0.25) is 17.7 Å². The Morgan fingerprint density at radius 1 is 1.00 bits per heavy atom. The molecule has 1 aromatic carbocycles. The second-order valence-corrected chi connectivity index (χ2v) is 9.25. The highest BCUT2D eigenvalue weighted by molar-refractivity contribution is 7.98. The lowest BCUT2D eigenvalue weighted by Gasteiger charge is -2.27. The Labute approximate surface area is 204 Å². The topological polar surface area (TPSA) is 171 Å². The van der Waals surface area contributed by atoms with E-state index < -0.39 is 47.9 Å². The molecule has 0 fully saturated rings. The van der Waals surface area contributed by atoms with E-state index in [1.165, 1.54) is 19.1 Å². The lowest BCUT2D eigenvalue weighted by molar-refractivity contribution is -0.142. The highest BCUT2D eigenvalue weighted by atomic mass is 32.2. The molecule has 0 radical (unpaired) electrons. The summed E-state index contributed by atoms with van der Waals surface area (Å²) >= 11 is 1.56. The summed E-state index contributed by atoms with van der Waals surface area (Å²) in [5, 5.41) is 26.7. The Morgan fingerprint density at radius 2 is 1.62 bits per heavy atom. The number of phenols is 1. The Hall–Kier alpha value is -2.79. The summed E-state index contributed by atoms with van der Waals surface area (Å²) in [6.45, 7) is 5.10. The van der Waals surface area contributed by atoms with Crippen LogP contribution in [0.25, 0.3) is 0 Å². The molecule has 10 nitrogen and oxygen atoms in total. The summed E-state index contributed by atoms with van der Waals surface area (Å²) < 4.78 is 0. The minimum atomic E-state index is -1.23. The summed E-state index contributed by atoms with van der Waals surface area (Å²) in [6.07, 6.45) is 2.93. The van der Waals surface area contributed by atoms with E-state index in [1.807, 2.05) is 13.2 Å². The smallest absolute Gasteiger partial charge is 0.326 e. The summed E-state index contributed by atoms with van der Waals surface area (Å²) in [6, 6.07) is 2.10. The number of hydrogen-bond acceptors (Lipinski definition) is 7. The van der Waals surface area contributed by atoms with Crippen molar-refractivity contribution in [1.29, 1.82) is 0 Å². The number of nitrogens with two attached hydrogens (primary N) is 1. The molecule has 1 aromatic rings. The van der Waals surface area contributed by atoms with Crippen LogP contribution in [0.15, 0.2) is 24.3 Å². The van der Waals surface area contributed by atoms with Crippen LogP contribution >= 0.6 is 11.8 Å². The molecule has 0 aliphatic carbocycles. The van der Waals surface area contributed by atoms with Gasteiger partial charge in [-0.1, -0.05) is 32.4 Å². The molecule has 0 bridgehead atoms. The Bertz CT molecular complexity index is 835. The number of phenolic OH excluding ortho intramolecular Hbond substituents is 1. The van der Waals surface area contributed by atoms with Crippen molar-refractivity contribution in [3.8, 4) is 5.75 Å². The maximum Gasteiger partial charge on any atom is 0.326 e. The predicted octanol–water partition coefficient (Wildman–Crippen LogP) is 0.620. The number of carboxylic acid groups (broad SMARTS) is 1. The summed E-state index contributed by atoms with van der Waals surface area (Å²) in [4.78, 5) is 49.6. The fourth-order valence-electron chi connectivity index (χ4n) is 3.07. The van der Waals surface area contributed by atoms with Gasteiger partial charge in [0.1, 0.15) is 23.9 Å². The van der Waals surface area contributed by atoms with Crippen molar-refractivity contribution in [2.24, 2.45) is 11.7 Å². The number of benzene rings is 1. The number of nitrogens with one attached hydrogen (secondary N) is 3. The quantitative estimate of drug-likeness (QED) is 0.218. The zero-order valence-corrected chi connectivity index (χ0v) is 20.9. The highest BCUT2D eigenvalue weighted by Gasteiger charge is 2.31. The van der Waals surface area contributed by atoms with Crippen LogP contribution in [-0.2, 0) is 25.6 Å². The van der Waals surface area contributed by atoms with Gasteiger partial charge in [-0.3, -0.25) is 14.4 Å². The van der Waals surface area contributed by atoms with E-state index in [0.717, 1.165) is 0 Å². The number of carbonyl (C=O) groups excluding carboxylic acids is 3. The van der Waals surface area contributed by atoms with Crippen molar-refractivity contribution in [1.82, 2.24) is 16.0 Å². The van der Waals surface area contributed by atoms with E-state index in [0.29, 0.717) is 24.2 Å². The van der Waals surface area contributed by atoms with Gasteiger partial charge in [0.25, 0.3) is 0 Å². The second kappa shape index (κ2) is 14.5. The zero-order valence-electron chi connectivity index (χ0n) is 20.0. The normalized spacial score (nSPS) is 15.3. The molecular formula is C23H36N4O6S. The minimum absolute atomic E-state index is 0.00290. The van der Waals surface area contributed by atoms with Crippen LogP contribution in [0.1, 0.15) is 39.2 Å². The number of carbonyl (C=O) groups is 4. The predicted molar refractivity (Wildman–Crippen MR) is 131 cm³/mol. The van der Waals surface area contributed by atoms with E-state index >= 15 is 0 Å². The van der Waals surface area contributed by atoms with Gasteiger partial charge in [-0.2, -0.15) is 11.8 Å². The Morgan fingerprint density at radius 3 is 2.15 bits per heavy atom. The van der Waals surface area contributed by atoms with Crippen LogP contribution in [0.3, 0.4) is 0 Å². The third-order valence-corrected chi connectivity index (χ3v) is 6.15. The largest absolute Gasteiger partial charge is 0.508 e. The first kappa shape index (κ1) is 29.2. The number of carboxylic acids is 1. The average molecular weight is 497 g/mol.